The first-order chi connectivity index (χ1) is 9.88. The summed E-state index contributed by atoms with van der Waals surface area (Å²) in [5.74, 6) is -9.48. The van der Waals surface area contributed by atoms with Crippen molar-refractivity contribution in [2.24, 2.45) is 0 Å². The molecule has 0 aliphatic heterocycles. The van der Waals surface area contributed by atoms with Crippen LogP contribution < -0.4 is 4.74 Å². The fourth-order valence-electron chi connectivity index (χ4n) is 1.86. The Morgan fingerprint density at radius 2 is 1.48 bits per heavy atom. The van der Waals surface area contributed by atoms with E-state index in [1.165, 1.54) is 31.4 Å². The van der Waals surface area contributed by atoms with Gasteiger partial charge < -0.3 is 9.84 Å². The van der Waals surface area contributed by atoms with Gasteiger partial charge in [0.2, 0.25) is 0 Å². The van der Waals surface area contributed by atoms with Gasteiger partial charge in [-0.3, -0.25) is 0 Å². The number of carboxylic acids is 1. The molecule has 0 saturated heterocycles. The monoisotopic (exact) mass is 300 g/mol. The highest BCUT2D eigenvalue weighted by Gasteiger charge is 2.29. The fourth-order valence-corrected chi connectivity index (χ4v) is 1.86. The lowest BCUT2D eigenvalue weighted by Crippen LogP contribution is -2.11. The van der Waals surface area contributed by atoms with Gasteiger partial charge in [-0.05, 0) is 17.7 Å². The number of halogens is 4. The molecule has 0 aliphatic rings. The van der Waals surface area contributed by atoms with Crippen molar-refractivity contribution in [1.29, 1.82) is 0 Å². The van der Waals surface area contributed by atoms with Crippen LogP contribution in [-0.2, 0) is 0 Å². The second-order valence-corrected chi connectivity index (χ2v) is 4.04. The third-order valence-corrected chi connectivity index (χ3v) is 2.86. The number of aromatic carboxylic acids is 1. The van der Waals surface area contributed by atoms with Crippen LogP contribution in [0.15, 0.2) is 24.3 Å². The molecular formula is C14H8F4O3. The Bertz CT molecular complexity index is 711. The predicted molar refractivity (Wildman–Crippen MR) is 65.2 cm³/mol. The largest absolute Gasteiger partial charge is 0.497 e. The third kappa shape index (κ3) is 2.42. The Morgan fingerprint density at radius 1 is 0.952 bits per heavy atom. The van der Waals surface area contributed by atoms with E-state index in [2.05, 4.69) is 0 Å². The number of benzene rings is 2. The predicted octanol–water partition coefficient (Wildman–Crippen LogP) is 3.62. The Hall–Kier alpha value is -2.57. The molecule has 0 heterocycles. The number of hydrogen-bond donors (Lipinski definition) is 1. The minimum absolute atomic E-state index is 0.122. The van der Waals surface area contributed by atoms with Gasteiger partial charge in [0, 0.05) is 5.56 Å². The van der Waals surface area contributed by atoms with Crippen LogP contribution in [0.2, 0.25) is 0 Å². The summed E-state index contributed by atoms with van der Waals surface area (Å²) in [6.07, 6.45) is 0. The van der Waals surface area contributed by atoms with E-state index in [1.807, 2.05) is 0 Å². The zero-order valence-electron chi connectivity index (χ0n) is 10.6. The summed E-state index contributed by atoms with van der Waals surface area (Å²) in [6.45, 7) is 0. The molecule has 0 fully saturated rings. The number of carbonyl (C=O) groups is 1. The number of hydrogen-bond acceptors (Lipinski definition) is 2. The topological polar surface area (TPSA) is 46.5 Å². The number of rotatable bonds is 3. The highest BCUT2D eigenvalue weighted by molar-refractivity contribution is 5.96. The molecule has 21 heavy (non-hydrogen) atoms. The van der Waals surface area contributed by atoms with E-state index in [1.54, 1.807) is 0 Å². The van der Waals surface area contributed by atoms with Crippen LogP contribution in [0.4, 0.5) is 17.6 Å². The van der Waals surface area contributed by atoms with Gasteiger partial charge in [-0.15, -0.1) is 0 Å². The number of ether oxygens (including phenoxy) is 1. The third-order valence-electron chi connectivity index (χ3n) is 2.86. The van der Waals surface area contributed by atoms with E-state index in [9.17, 15) is 22.4 Å². The van der Waals surface area contributed by atoms with Crippen LogP contribution in [0.3, 0.4) is 0 Å². The highest BCUT2D eigenvalue weighted by atomic mass is 19.2. The average Bonchev–Trinajstić information content (AvgIpc) is 2.48. The van der Waals surface area contributed by atoms with Gasteiger partial charge in [0.05, 0.1) is 7.11 Å². The van der Waals surface area contributed by atoms with Crippen LogP contribution in [0.5, 0.6) is 5.75 Å². The summed E-state index contributed by atoms with van der Waals surface area (Å²) in [7, 11) is 1.37. The van der Waals surface area contributed by atoms with E-state index < -0.39 is 40.4 Å². The first-order valence-electron chi connectivity index (χ1n) is 5.62. The molecule has 0 radical (unpaired) electrons. The van der Waals surface area contributed by atoms with Crippen LogP contribution >= 0.6 is 0 Å². The van der Waals surface area contributed by atoms with E-state index in [-0.39, 0.29) is 5.56 Å². The lowest BCUT2D eigenvalue weighted by Gasteiger charge is -2.11. The molecular weight excluding hydrogens is 292 g/mol. The van der Waals surface area contributed by atoms with Crippen LogP contribution in [0.1, 0.15) is 10.4 Å². The quantitative estimate of drug-likeness (QED) is 0.535. The Balaban J connectivity index is 2.80. The van der Waals surface area contributed by atoms with Gasteiger partial charge >= 0.3 is 5.97 Å². The molecule has 1 N–H and O–H groups in total. The molecule has 0 amide bonds. The van der Waals surface area contributed by atoms with Gasteiger partial charge in [0.25, 0.3) is 0 Å². The summed E-state index contributed by atoms with van der Waals surface area (Å²) in [6, 6.07) is 5.11. The molecule has 0 aromatic heterocycles. The van der Waals surface area contributed by atoms with Gasteiger partial charge in [-0.1, -0.05) is 12.1 Å². The zero-order chi connectivity index (χ0) is 15.7. The standard InChI is InChI=1S/C14H8F4O3/c1-21-7-4-2-6(3-5-7)8-9(14(19)20)11(16)13(18)12(17)10(8)15/h2-5H,1H3,(H,19,20). The lowest BCUT2D eigenvalue weighted by molar-refractivity contribution is 0.0690. The molecule has 110 valence electrons. The lowest BCUT2D eigenvalue weighted by atomic mass is 9.97. The van der Waals surface area contributed by atoms with Crippen molar-refractivity contribution in [3.63, 3.8) is 0 Å². The normalized spacial score (nSPS) is 10.5. The summed E-state index contributed by atoms with van der Waals surface area (Å²) < 4.78 is 58.8. The van der Waals surface area contributed by atoms with Crippen LogP contribution in [-0.4, -0.2) is 18.2 Å². The van der Waals surface area contributed by atoms with E-state index in [0.717, 1.165) is 0 Å². The van der Waals surface area contributed by atoms with E-state index in [4.69, 9.17) is 9.84 Å². The first kappa shape index (κ1) is 14.8. The molecule has 2 rings (SSSR count). The van der Waals surface area contributed by atoms with Crippen molar-refractivity contribution >= 4 is 5.97 Å². The van der Waals surface area contributed by atoms with Crippen molar-refractivity contribution in [1.82, 2.24) is 0 Å². The second kappa shape index (κ2) is 5.43. The maximum Gasteiger partial charge on any atom is 0.339 e. The number of carboxylic acid groups (broad SMARTS) is 1. The molecule has 7 heteroatoms. The van der Waals surface area contributed by atoms with Gasteiger partial charge in [0.15, 0.2) is 23.3 Å². The minimum Gasteiger partial charge on any atom is -0.497 e. The molecule has 2 aromatic carbocycles. The SMILES string of the molecule is COc1ccc(-c2c(F)c(F)c(F)c(F)c2C(=O)O)cc1. The zero-order valence-corrected chi connectivity index (χ0v) is 10.6. The summed E-state index contributed by atoms with van der Waals surface area (Å²) >= 11 is 0. The maximum atomic E-state index is 13.9. The molecule has 0 atom stereocenters. The molecule has 2 aromatic rings. The van der Waals surface area contributed by atoms with Crippen molar-refractivity contribution in [2.75, 3.05) is 7.11 Å². The van der Waals surface area contributed by atoms with Gasteiger partial charge in [0.1, 0.15) is 11.3 Å². The van der Waals surface area contributed by atoms with Crippen molar-refractivity contribution < 1.29 is 32.2 Å². The molecule has 0 aliphatic carbocycles. The average molecular weight is 300 g/mol. The van der Waals surface area contributed by atoms with Gasteiger partial charge in [-0.25, -0.2) is 22.4 Å². The van der Waals surface area contributed by atoms with Gasteiger partial charge in [-0.2, -0.15) is 0 Å². The maximum absolute atomic E-state index is 13.9. The Morgan fingerprint density at radius 3 is 1.95 bits per heavy atom. The smallest absolute Gasteiger partial charge is 0.339 e. The Kier molecular flexibility index (Phi) is 3.84. The molecule has 3 nitrogen and oxygen atoms in total. The molecule has 0 unspecified atom stereocenters. The van der Waals surface area contributed by atoms with E-state index >= 15 is 0 Å². The minimum atomic E-state index is -2.16. The first-order valence-corrected chi connectivity index (χ1v) is 5.62. The van der Waals surface area contributed by atoms with Crippen molar-refractivity contribution in [3.05, 3.63) is 53.1 Å². The van der Waals surface area contributed by atoms with E-state index in [0.29, 0.717) is 5.75 Å². The highest BCUT2D eigenvalue weighted by Crippen LogP contribution is 2.33. The number of methoxy groups -OCH3 is 1. The van der Waals surface area contributed by atoms with Crippen molar-refractivity contribution in [2.45, 2.75) is 0 Å². The van der Waals surface area contributed by atoms with Crippen LogP contribution in [0.25, 0.3) is 11.1 Å². The van der Waals surface area contributed by atoms with Crippen molar-refractivity contribution in [3.8, 4) is 16.9 Å². The molecule has 0 spiro atoms. The Labute approximate surface area is 116 Å². The summed E-state index contributed by atoms with van der Waals surface area (Å²) in [5.41, 5.74) is -2.25. The molecule has 0 saturated carbocycles. The summed E-state index contributed by atoms with van der Waals surface area (Å²) in [5, 5.41) is 8.93. The summed E-state index contributed by atoms with van der Waals surface area (Å²) in [4.78, 5) is 11.0. The second-order valence-electron chi connectivity index (χ2n) is 4.04. The fraction of sp³-hybridized carbons (Fsp3) is 0.0714. The van der Waals surface area contributed by atoms with Crippen LogP contribution in [0, 0.1) is 23.3 Å². The molecule has 0 bridgehead atoms.